The van der Waals surface area contributed by atoms with Crippen LogP contribution in [0.4, 0.5) is 0 Å². The molecule has 5 heteroatoms. The fourth-order valence-corrected chi connectivity index (χ4v) is 1.56. The summed E-state index contributed by atoms with van der Waals surface area (Å²) in [7, 11) is 0. The Hall–Kier alpha value is -1.88. The number of allylic oxidation sites excluding steroid dienone is 3. The third-order valence-electron chi connectivity index (χ3n) is 2.78. The van der Waals surface area contributed by atoms with E-state index in [1.54, 1.807) is 6.08 Å². The molecule has 3 N–H and O–H groups in total. The Morgan fingerprint density at radius 1 is 1.36 bits per heavy atom. The summed E-state index contributed by atoms with van der Waals surface area (Å²) in [5.41, 5.74) is 0.997. The number of aliphatic hydroxyl groups is 1. The molecule has 0 aliphatic rings. The lowest BCUT2D eigenvalue weighted by molar-refractivity contribution is -0.122. The predicted molar refractivity (Wildman–Crippen MR) is 89.2 cm³/mol. The smallest absolute Gasteiger partial charge is 0.222 e. The largest absolute Gasteiger partial charge is 0.393 e. The van der Waals surface area contributed by atoms with Crippen molar-refractivity contribution in [2.45, 2.75) is 39.7 Å². The van der Waals surface area contributed by atoms with Crippen LogP contribution in [0.2, 0.25) is 0 Å². The SMILES string of the molecule is C=C/C(=C\C=C\C(C)(C)C)CNC(=O)CC(O)CCNC=O. The average Bonchev–Trinajstić information content (AvgIpc) is 2.41. The highest BCUT2D eigenvalue weighted by molar-refractivity contribution is 5.76. The van der Waals surface area contributed by atoms with Gasteiger partial charge in [0, 0.05) is 13.1 Å². The van der Waals surface area contributed by atoms with Crippen LogP contribution in [0.1, 0.15) is 33.6 Å². The highest BCUT2D eigenvalue weighted by Gasteiger charge is 2.10. The molecule has 1 atom stereocenters. The molecular weight excluding hydrogens is 280 g/mol. The molecule has 2 amide bonds. The maximum atomic E-state index is 11.7. The molecule has 0 saturated carbocycles. The molecule has 0 fully saturated rings. The summed E-state index contributed by atoms with van der Waals surface area (Å²) < 4.78 is 0. The van der Waals surface area contributed by atoms with E-state index in [1.165, 1.54) is 0 Å². The first kappa shape index (κ1) is 20.1. The molecule has 0 aliphatic carbocycles. The average molecular weight is 308 g/mol. The van der Waals surface area contributed by atoms with Crippen molar-refractivity contribution in [1.82, 2.24) is 10.6 Å². The molecular formula is C17H28N2O3. The predicted octanol–water partition coefficient (Wildman–Crippen LogP) is 1.70. The molecule has 0 heterocycles. The van der Waals surface area contributed by atoms with Crippen molar-refractivity contribution in [1.29, 1.82) is 0 Å². The van der Waals surface area contributed by atoms with Crippen molar-refractivity contribution in [3.63, 3.8) is 0 Å². The van der Waals surface area contributed by atoms with E-state index in [4.69, 9.17) is 0 Å². The molecule has 124 valence electrons. The summed E-state index contributed by atoms with van der Waals surface area (Å²) in [6.07, 6.45) is 7.79. The Balaban J connectivity index is 4.19. The van der Waals surface area contributed by atoms with Gasteiger partial charge in [0.15, 0.2) is 0 Å². The molecule has 0 spiro atoms. The van der Waals surface area contributed by atoms with E-state index < -0.39 is 6.10 Å². The van der Waals surface area contributed by atoms with Crippen molar-refractivity contribution < 1.29 is 14.7 Å². The second-order valence-electron chi connectivity index (χ2n) is 6.17. The molecule has 22 heavy (non-hydrogen) atoms. The Labute approximate surface area is 133 Å². The molecule has 0 radical (unpaired) electrons. The molecule has 0 rings (SSSR count). The monoisotopic (exact) mass is 308 g/mol. The zero-order chi connectivity index (χ0) is 17.0. The molecule has 0 aliphatic heterocycles. The minimum absolute atomic E-state index is 0.0167. The number of nitrogens with one attached hydrogen (secondary N) is 2. The van der Waals surface area contributed by atoms with E-state index in [0.29, 0.717) is 25.9 Å². The van der Waals surface area contributed by atoms with Gasteiger partial charge in [0.1, 0.15) is 0 Å². The Bertz CT molecular complexity index is 420. The fraction of sp³-hybridized carbons (Fsp3) is 0.529. The van der Waals surface area contributed by atoms with Crippen molar-refractivity contribution in [3.8, 4) is 0 Å². The van der Waals surface area contributed by atoms with Gasteiger partial charge in [-0.15, -0.1) is 0 Å². The van der Waals surface area contributed by atoms with E-state index >= 15 is 0 Å². The van der Waals surface area contributed by atoms with Gasteiger partial charge in [0.2, 0.25) is 12.3 Å². The zero-order valence-corrected chi connectivity index (χ0v) is 13.8. The van der Waals surface area contributed by atoms with Gasteiger partial charge in [-0.25, -0.2) is 0 Å². The second kappa shape index (κ2) is 10.8. The topological polar surface area (TPSA) is 78.4 Å². The van der Waals surface area contributed by atoms with Crippen LogP contribution in [0.25, 0.3) is 0 Å². The summed E-state index contributed by atoms with van der Waals surface area (Å²) in [6.45, 7) is 10.8. The number of hydrogen-bond donors (Lipinski definition) is 3. The molecule has 1 unspecified atom stereocenters. The van der Waals surface area contributed by atoms with Crippen molar-refractivity contribution in [3.05, 3.63) is 36.5 Å². The second-order valence-corrected chi connectivity index (χ2v) is 6.17. The third kappa shape index (κ3) is 11.9. The third-order valence-corrected chi connectivity index (χ3v) is 2.78. The van der Waals surface area contributed by atoms with Crippen molar-refractivity contribution >= 4 is 12.3 Å². The van der Waals surface area contributed by atoms with E-state index in [0.717, 1.165) is 5.57 Å². The summed E-state index contributed by atoms with van der Waals surface area (Å²) in [5, 5.41) is 14.8. The van der Waals surface area contributed by atoms with E-state index in [9.17, 15) is 14.7 Å². The Morgan fingerprint density at radius 3 is 2.59 bits per heavy atom. The van der Waals surface area contributed by atoms with E-state index in [1.807, 2.05) is 12.2 Å². The van der Waals surface area contributed by atoms with E-state index in [-0.39, 0.29) is 17.7 Å². The van der Waals surface area contributed by atoms with Gasteiger partial charge in [-0.05, 0) is 17.4 Å². The van der Waals surface area contributed by atoms with Crippen LogP contribution in [0.5, 0.6) is 0 Å². The van der Waals surface area contributed by atoms with Crippen LogP contribution in [-0.4, -0.2) is 36.6 Å². The van der Waals surface area contributed by atoms with Crippen LogP contribution in [0.3, 0.4) is 0 Å². The van der Waals surface area contributed by atoms with Gasteiger partial charge >= 0.3 is 0 Å². The molecule has 0 aromatic rings. The fourth-order valence-electron chi connectivity index (χ4n) is 1.56. The minimum Gasteiger partial charge on any atom is -0.393 e. The van der Waals surface area contributed by atoms with Gasteiger partial charge in [0.25, 0.3) is 0 Å². The number of carbonyl (C=O) groups excluding carboxylic acids is 2. The summed E-state index contributed by atoms with van der Waals surface area (Å²) in [5.74, 6) is -0.230. The molecule has 0 aromatic carbocycles. The number of amides is 2. The van der Waals surface area contributed by atoms with Crippen molar-refractivity contribution in [2.24, 2.45) is 5.41 Å². The quantitative estimate of drug-likeness (QED) is 0.326. The van der Waals surface area contributed by atoms with Crippen LogP contribution < -0.4 is 10.6 Å². The Kier molecular flexibility index (Phi) is 9.87. The van der Waals surface area contributed by atoms with Crippen LogP contribution in [0.15, 0.2) is 36.5 Å². The minimum atomic E-state index is -0.760. The zero-order valence-electron chi connectivity index (χ0n) is 13.8. The first-order chi connectivity index (χ1) is 10.3. The number of rotatable bonds is 10. The van der Waals surface area contributed by atoms with E-state index in [2.05, 4.69) is 44.1 Å². The molecule has 5 nitrogen and oxygen atoms in total. The van der Waals surface area contributed by atoms with Crippen LogP contribution in [-0.2, 0) is 9.59 Å². The lowest BCUT2D eigenvalue weighted by atomic mass is 9.96. The van der Waals surface area contributed by atoms with Gasteiger partial charge < -0.3 is 15.7 Å². The highest BCUT2D eigenvalue weighted by atomic mass is 16.3. The van der Waals surface area contributed by atoms with Gasteiger partial charge in [-0.2, -0.15) is 0 Å². The standard InChI is InChI=1S/C17H28N2O3/c1-5-14(7-6-9-17(2,3)4)12-19-16(22)11-15(21)8-10-18-13-20/h5-7,9,13,15,21H,1,8,10-12H2,2-4H3,(H,18,20)(H,19,22)/b9-6+,14-7+. The van der Waals surface area contributed by atoms with Gasteiger partial charge in [-0.3, -0.25) is 9.59 Å². The molecule has 0 aromatic heterocycles. The lowest BCUT2D eigenvalue weighted by Crippen LogP contribution is -2.30. The first-order valence-electron chi connectivity index (χ1n) is 7.41. The number of hydrogen-bond acceptors (Lipinski definition) is 3. The Morgan fingerprint density at radius 2 is 2.05 bits per heavy atom. The molecule has 0 saturated heterocycles. The summed E-state index contributed by atoms with van der Waals surface area (Å²) in [6, 6.07) is 0. The normalized spacial score (nSPS) is 13.7. The first-order valence-corrected chi connectivity index (χ1v) is 7.41. The molecule has 0 bridgehead atoms. The lowest BCUT2D eigenvalue weighted by Gasteiger charge is -2.11. The van der Waals surface area contributed by atoms with Crippen LogP contribution in [0, 0.1) is 5.41 Å². The number of carbonyl (C=O) groups is 2. The highest BCUT2D eigenvalue weighted by Crippen LogP contribution is 2.14. The maximum absolute atomic E-state index is 11.7. The van der Waals surface area contributed by atoms with Crippen LogP contribution >= 0.6 is 0 Å². The van der Waals surface area contributed by atoms with Gasteiger partial charge in [0.05, 0.1) is 12.5 Å². The summed E-state index contributed by atoms with van der Waals surface area (Å²) >= 11 is 0. The summed E-state index contributed by atoms with van der Waals surface area (Å²) in [4.78, 5) is 21.8. The van der Waals surface area contributed by atoms with Gasteiger partial charge in [-0.1, -0.05) is 51.7 Å². The maximum Gasteiger partial charge on any atom is 0.222 e. The van der Waals surface area contributed by atoms with Crippen molar-refractivity contribution in [2.75, 3.05) is 13.1 Å². The number of aliphatic hydroxyl groups excluding tert-OH is 1.